The maximum absolute atomic E-state index is 3.27. The largest absolute Gasteiger partial charge is 0.143 e. The van der Waals surface area contributed by atoms with Gasteiger partial charge in [0.1, 0.15) is 0 Å². The fraction of sp³-hybridized carbons (Fsp3) is 0.833. The molecular formula is C24H43S. The van der Waals surface area contributed by atoms with Crippen LogP contribution in [-0.4, -0.2) is 0 Å². The Morgan fingerprint density at radius 1 is 0.720 bits per heavy atom. The second kappa shape index (κ2) is 17.1. The molecule has 25 heavy (non-hydrogen) atoms. The molecule has 0 spiro atoms. The first-order chi connectivity index (χ1) is 12.4. The summed E-state index contributed by atoms with van der Waals surface area (Å²) in [6.45, 7) is 4.60. The van der Waals surface area contributed by atoms with Crippen LogP contribution in [0.15, 0.2) is 11.4 Å². The van der Waals surface area contributed by atoms with Crippen molar-refractivity contribution in [2.24, 2.45) is 5.92 Å². The Morgan fingerprint density at radius 2 is 1.20 bits per heavy atom. The fourth-order valence-corrected chi connectivity index (χ4v) is 4.43. The van der Waals surface area contributed by atoms with E-state index in [0.717, 1.165) is 5.92 Å². The van der Waals surface area contributed by atoms with E-state index in [2.05, 4.69) is 30.7 Å². The van der Waals surface area contributed by atoms with Gasteiger partial charge in [-0.2, -0.15) is 0 Å². The average Bonchev–Trinajstić information content (AvgIpc) is 3.13. The Kier molecular flexibility index (Phi) is 15.6. The molecule has 0 saturated heterocycles. The molecule has 0 aliphatic carbocycles. The topological polar surface area (TPSA) is 0 Å². The van der Waals surface area contributed by atoms with Gasteiger partial charge in [0.05, 0.1) is 0 Å². The number of unbranched alkanes of at least 4 members (excludes halogenated alkanes) is 12. The van der Waals surface area contributed by atoms with Gasteiger partial charge in [-0.05, 0) is 29.3 Å². The normalized spacial score (nSPS) is 12.6. The number of thiophene rings is 1. The summed E-state index contributed by atoms with van der Waals surface area (Å²) in [7, 11) is 0. The van der Waals surface area contributed by atoms with Crippen molar-refractivity contribution in [3.8, 4) is 0 Å². The van der Waals surface area contributed by atoms with Crippen LogP contribution in [0.4, 0.5) is 0 Å². The molecule has 1 rings (SSSR count). The first-order valence-corrected chi connectivity index (χ1v) is 12.2. The molecule has 1 aromatic rings. The molecule has 1 unspecified atom stereocenters. The quantitative estimate of drug-likeness (QED) is 0.228. The van der Waals surface area contributed by atoms with Gasteiger partial charge < -0.3 is 0 Å². The van der Waals surface area contributed by atoms with Crippen LogP contribution in [0.5, 0.6) is 0 Å². The standard InChI is InChI=1S/C24H43S/c1-3-5-7-9-11-12-14-16-18-23(21-24-19-20-25-22-24)17-15-13-10-8-6-4-2/h19,22-23H,3-18,21H2,1-2H3. The van der Waals surface area contributed by atoms with E-state index in [1.165, 1.54) is 115 Å². The highest BCUT2D eigenvalue weighted by atomic mass is 32.1. The zero-order chi connectivity index (χ0) is 18.0. The highest BCUT2D eigenvalue weighted by Gasteiger charge is 2.10. The molecule has 0 fully saturated rings. The van der Waals surface area contributed by atoms with Crippen LogP contribution in [0.1, 0.15) is 122 Å². The lowest BCUT2D eigenvalue weighted by molar-refractivity contribution is 0.400. The Labute approximate surface area is 162 Å². The number of hydrogen-bond donors (Lipinski definition) is 0. The van der Waals surface area contributed by atoms with Crippen molar-refractivity contribution in [1.29, 1.82) is 0 Å². The third kappa shape index (κ3) is 13.5. The molecular weight excluding hydrogens is 320 g/mol. The summed E-state index contributed by atoms with van der Waals surface area (Å²) in [6, 6.07) is 2.21. The second-order valence-corrected chi connectivity index (χ2v) is 8.67. The molecule has 0 aliphatic heterocycles. The first-order valence-electron chi connectivity index (χ1n) is 11.3. The molecule has 1 heteroatoms. The molecule has 0 N–H and O–H groups in total. The predicted octanol–water partition coefficient (Wildman–Crippen LogP) is 8.99. The van der Waals surface area contributed by atoms with Gasteiger partial charge in [-0.1, -0.05) is 117 Å². The highest BCUT2D eigenvalue weighted by molar-refractivity contribution is 7.07. The molecule has 0 aromatic carbocycles. The van der Waals surface area contributed by atoms with Gasteiger partial charge in [0.25, 0.3) is 0 Å². The summed E-state index contributed by atoms with van der Waals surface area (Å²) in [5.41, 5.74) is 1.53. The smallest absolute Gasteiger partial charge is 0.0445 e. The lowest BCUT2D eigenvalue weighted by Crippen LogP contribution is -2.05. The Hall–Kier alpha value is -0.300. The van der Waals surface area contributed by atoms with Crippen molar-refractivity contribution < 1.29 is 0 Å². The van der Waals surface area contributed by atoms with E-state index < -0.39 is 0 Å². The first kappa shape index (κ1) is 22.7. The van der Waals surface area contributed by atoms with Crippen LogP contribution in [-0.2, 0) is 6.42 Å². The van der Waals surface area contributed by atoms with E-state index in [-0.39, 0.29) is 0 Å². The molecule has 0 nitrogen and oxygen atoms in total. The number of rotatable bonds is 18. The second-order valence-electron chi connectivity index (χ2n) is 7.96. The molecule has 1 heterocycles. The van der Waals surface area contributed by atoms with Crippen molar-refractivity contribution in [1.82, 2.24) is 0 Å². The lowest BCUT2D eigenvalue weighted by Gasteiger charge is -2.16. The molecule has 1 atom stereocenters. The van der Waals surface area contributed by atoms with E-state index in [9.17, 15) is 0 Å². The van der Waals surface area contributed by atoms with Crippen molar-refractivity contribution >= 4 is 11.3 Å². The van der Waals surface area contributed by atoms with Gasteiger partial charge in [-0.15, -0.1) is 11.3 Å². The Bertz CT molecular complexity index is 354. The summed E-state index contributed by atoms with van der Waals surface area (Å²) >= 11 is 1.74. The maximum Gasteiger partial charge on any atom is 0.0445 e. The van der Waals surface area contributed by atoms with Gasteiger partial charge in [-0.25, -0.2) is 0 Å². The summed E-state index contributed by atoms with van der Waals surface area (Å²) in [6.07, 6.45) is 24.3. The molecule has 145 valence electrons. The summed E-state index contributed by atoms with van der Waals surface area (Å²) in [4.78, 5) is 0. The van der Waals surface area contributed by atoms with Crippen molar-refractivity contribution in [3.63, 3.8) is 0 Å². The summed E-state index contributed by atoms with van der Waals surface area (Å²) < 4.78 is 0. The summed E-state index contributed by atoms with van der Waals surface area (Å²) in [5, 5.41) is 5.58. The SMILES string of the molecule is CCCCCCCCCCC(CCCCCCCC)Cc1c[c]sc1. The molecule has 0 saturated carbocycles. The van der Waals surface area contributed by atoms with E-state index in [4.69, 9.17) is 0 Å². The minimum absolute atomic E-state index is 0.911. The third-order valence-corrected chi connectivity index (χ3v) is 6.15. The van der Waals surface area contributed by atoms with Gasteiger partial charge in [-0.3, -0.25) is 0 Å². The van der Waals surface area contributed by atoms with Crippen LogP contribution in [0.3, 0.4) is 0 Å². The van der Waals surface area contributed by atoms with Crippen molar-refractivity contribution in [2.45, 2.75) is 123 Å². The Balaban J connectivity index is 2.13. The molecule has 0 bridgehead atoms. The zero-order valence-electron chi connectivity index (χ0n) is 17.2. The van der Waals surface area contributed by atoms with E-state index in [1.807, 2.05) is 0 Å². The average molecular weight is 364 g/mol. The van der Waals surface area contributed by atoms with E-state index in [0.29, 0.717) is 0 Å². The minimum atomic E-state index is 0.911. The van der Waals surface area contributed by atoms with Gasteiger partial charge in [0.15, 0.2) is 0 Å². The van der Waals surface area contributed by atoms with Gasteiger partial charge in [0, 0.05) is 5.38 Å². The lowest BCUT2D eigenvalue weighted by atomic mass is 9.89. The third-order valence-electron chi connectivity index (χ3n) is 5.48. The van der Waals surface area contributed by atoms with Crippen molar-refractivity contribution in [2.75, 3.05) is 0 Å². The van der Waals surface area contributed by atoms with Gasteiger partial charge in [0.2, 0.25) is 0 Å². The number of hydrogen-bond acceptors (Lipinski definition) is 1. The van der Waals surface area contributed by atoms with Crippen LogP contribution < -0.4 is 0 Å². The summed E-state index contributed by atoms with van der Waals surface area (Å²) in [5.74, 6) is 0.911. The maximum atomic E-state index is 3.27. The van der Waals surface area contributed by atoms with Crippen LogP contribution in [0.2, 0.25) is 0 Å². The van der Waals surface area contributed by atoms with Crippen LogP contribution >= 0.6 is 11.3 Å². The van der Waals surface area contributed by atoms with Gasteiger partial charge >= 0.3 is 0 Å². The van der Waals surface area contributed by atoms with Crippen LogP contribution in [0, 0.1) is 11.3 Å². The molecule has 1 aromatic heterocycles. The zero-order valence-corrected chi connectivity index (χ0v) is 18.0. The van der Waals surface area contributed by atoms with E-state index >= 15 is 0 Å². The molecule has 0 amide bonds. The monoisotopic (exact) mass is 363 g/mol. The highest BCUT2D eigenvalue weighted by Crippen LogP contribution is 2.24. The van der Waals surface area contributed by atoms with Crippen LogP contribution in [0.25, 0.3) is 0 Å². The minimum Gasteiger partial charge on any atom is -0.143 e. The van der Waals surface area contributed by atoms with E-state index in [1.54, 1.807) is 11.3 Å². The van der Waals surface area contributed by atoms with Crippen molar-refractivity contribution in [3.05, 3.63) is 22.4 Å². The molecule has 1 radical (unpaired) electrons. The molecule has 0 aliphatic rings. The predicted molar refractivity (Wildman–Crippen MR) is 116 cm³/mol. The fourth-order valence-electron chi connectivity index (χ4n) is 3.82. The Morgan fingerprint density at radius 3 is 1.64 bits per heavy atom.